The number of hydrogen-bond acceptors (Lipinski definition) is 5. The third-order valence-corrected chi connectivity index (χ3v) is 2.59. The average molecular weight is 351 g/mol. The second-order valence-corrected chi connectivity index (χ2v) is 5.83. The number of aromatic hydroxyl groups is 1. The van der Waals surface area contributed by atoms with E-state index in [1.165, 1.54) is 12.1 Å². The second-order valence-electron chi connectivity index (χ2n) is 5.83. The van der Waals surface area contributed by atoms with E-state index in [9.17, 15) is 23.1 Å². The Morgan fingerprint density at radius 3 is 2.04 bits per heavy atom. The van der Waals surface area contributed by atoms with Crippen LogP contribution in [0.15, 0.2) is 18.2 Å². The molecule has 0 spiro atoms. The van der Waals surface area contributed by atoms with Crippen LogP contribution in [-0.2, 0) is 11.4 Å². The minimum Gasteiger partial charge on any atom is -0.508 e. The van der Waals surface area contributed by atoms with Crippen molar-refractivity contribution in [1.82, 2.24) is 5.32 Å². The van der Waals surface area contributed by atoms with E-state index in [4.69, 9.17) is 15.0 Å². The number of benzene rings is 1. The third kappa shape index (κ3) is 8.49. The van der Waals surface area contributed by atoms with Crippen LogP contribution in [0.4, 0.5) is 13.2 Å². The number of alkyl halides is 3. The number of aliphatic carboxylic acids is 1. The number of carboxylic acid groups (broad SMARTS) is 1. The molecular formula is C15H20F3NO5. The van der Waals surface area contributed by atoms with Crippen LogP contribution in [0.1, 0.15) is 36.7 Å². The lowest BCUT2D eigenvalue weighted by atomic mass is 10.0. The minimum absolute atomic E-state index is 0.00725. The molecule has 0 aliphatic carbocycles. The summed E-state index contributed by atoms with van der Waals surface area (Å²) in [5.41, 5.74) is 0.738. The van der Waals surface area contributed by atoms with Gasteiger partial charge < -0.3 is 20.6 Å². The van der Waals surface area contributed by atoms with E-state index < -0.39 is 12.1 Å². The van der Waals surface area contributed by atoms with Crippen molar-refractivity contribution in [1.29, 1.82) is 0 Å². The summed E-state index contributed by atoms with van der Waals surface area (Å²) in [7, 11) is 0. The van der Waals surface area contributed by atoms with Gasteiger partial charge >= 0.3 is 12.1 Å². The van der Waals surface area contributed by atoms with Gasteiger partial charge in [-0.25, -0.2) is 4.79 Å². The molecule has 6 nitrogen and oxygen atoms in total. The Bertz CT molecular complexity index is 579. The lowest BCUT2D eigenvalue weighted by Gasteiger charge is -2.19. The molecule has 0 heterocycles. The topological polar surface area (TPSA) is 107 Å². The van der Waals surface area contributed by atoms with E-state index in [1.54, 1.807) is 6.07 Å². The molecule has 1 rings (SSSR count). The SMILES string of the molecule is CC(C)(C)NCC(=O)c1ccc(O)c(CO)c1.O=C(O)C(F)(F)F. The number of rotatable bonds is 4. The smallest absolute Gasteiger partial charge is 0.490 e. The molecule has 0 unspecified atom stereocenters. The highest BCUT2D eigenvalue weighted by molar-refractivity contribution is 5.98. The van der Waals surface area contributed by atoms with Crippen molar-refractivity contribution in [3.8, 4) is 5.75 Å². The number of carbonyl (C=O) groups is 2. The fourth-order valence-electron chi connectivity index (χ4n) is 1.33. The first kappa shape index (κ1) is 21.9. The average Bonchev–Trinajstić information content (AvgIpc) is 2.44. The van der Waals surface area contributed by atoms with Crippen molar-refractivity contribution in [2.45, 2.75) is 39.1 Å². The Labute approximate surface area is 136 Å². The molecule has 0 bridgehead atoms. The molecule has 1 aromatic rings. The molecule has 0 amide bonds. The Kier molecular flexibility index (Phi) is 7.88. The van der Waals surface area contributed by atoms with Gasteiger partial charge in [-0.2, -0.15) is 13.2 Å². The quantitative estimate of drug-likeness (QED) is 0.619. The monoisotopic (exact) mass is 351 g/mol. The van der Waals surface area contributed by atoms with Gasteiger partial charge in [0, 0.05) is 16.7 Å². The summed E-state index contributed by atoms with van der Waals surface area (Å²) < 4.78 is 31.7. The largest absolute Gasteiger partial charge is 0.508 e. The normalized spacial score (nSPS) is 11.5. The highest BCUT2D eigenvalue weighted by Crippen LogP contribution is 2.18. The Morgan fingerprint density at radius 1 is 1.17 bits per heavy atom. The van der Waals surface area contributed by atoms with Gasteiger partial charge in [0.2, 0.25) is 0 Å². The van der Waals surface area contributed by atoms with E-state index in [2.05, 4.69) is 5.32 Å². The lowest BCUT2D eigenvalue weighted by Crippen LogP contribution is -2.39. The van der Waals surface area contributed by atoms with Crippen molar-refractivity contribution in [3.63, 3.8) is 0 Å². The van der Waals surface area contributed by atoms with E-state index in [-0.39, 0.29) is 30.2 Å². The predicted molar refractivity (Wildman–Crippen MR) is 79.8 cm³/mol. The van der Waals surface area contributed by atoms with Crippen molar-refractivity contribution in [2.75, 3.05) is 6.54 Å². The summed E-state index contributed by atoms with van der Waals surface area (Å²) in [4.78, 5) is 20.7. The summed E-state index contributed by atoms with van der Waals surface area (Å²) >= 11 is 0. The first-order valence-corrected chi connectivity index (χ1v) is 6.79. The van der Waals surface area contributed by atoms with Crippen molar-refractivity contribution >= 4 is 11.8 Å². The number of aliphatic hydroxyl groups excluding tert-OH is 1. The highest BCUT2D eigenvalue weighted by Gasteiger charge is 2.38. The number of halogens is 3. The number of hydrogen-bond donors (Lipinski definition) is 4. The molecule has 0 atom stereocenters. The third-order valence-electron chi connectivity index (χ3n) is 2.59. The number of carboxylic acids is 1. The van der Waals surface area contributed by atoms with E-state index in [0.717, 1.165) is 0 Å². The molecule has 9 heteroatoms. The molecule has 0 aliphatic heterocycles. The van der Waals surface area contributed by atoms with Gasteiger partial charge in [-0.05, 0) is 39.0 Å². The zero-order chi connectivity index (χ0) is 19.1. The fourth-order valence-corrected chi connectivity index (χ4v) is 1.33. The fraction of sp³-hybridized carbons (Fsp3) is 0.467. The molecule has 0 fully saturated rings. The van der Waals surface area contributed by atoms with Gasteiger partial charge in [-0.1, -0.05) is 0 Å². The Balaban J connectivity index is 0.000000640. The number of phenols is 1. The van der Waals surface area contributed by atoms with Gasteiger partial charge in [0.05, 0.1) is 13.2 Å². The second kappa shape index (κ2) is 8.65. The molecule has 0 aromatic heterocycles. The number of carbonyl (C=O) groups excluding carboxylic acids is 1. The number of Topliss-reactive ketones (excluding diaryl/α,β-unsaturated/α-hetero) is 1. The van der Waals surface area contributed by atoms with Gasteiger partial charge in [-0.15, -0.1) is 0 Å². The summed E-state index contributed by atoms with van der Waals surface area (Å²) in [6.07, 6.45) is -5.08. The highest BCUT2D eigenvalue weighted by atomic mass is 19.4. The summed E-state index contributed by atoms with van der Waals surface area (Å²) in [5, 5.41) is 28.6. The van der Waals surface area contributed by atoms with Crippen LogP contribution < -0.4 is 5.32 Å². The standard InChI is InChI=1S/C13H19NO3.C2HF3O2/c1-13(2,3)14-7-12(17)9-4-5-11(16)10(6-9)8-15;3-2(4,5)1(6)7/h4-6,14-16H,7-8H2,1-3H3;(H,6,7). The lowest BCUT2D eigenvalue weighted by molar-refractivity contribution is -0.192. The van der Waals surface area contributed by atoms with Gasteiger partial charge in [0.25, 0.3) is 0 Å². The minimum atomic E-state index is -5.08. The Hall–Kier alpha value is -2.13. The first-order chi connectivity index (χ1) is 10.8. The van der Waals surface area contributed by atoms with Gasteiger partial charge in [0.1, 0.15) is 5.75 Å². The maximum Gasteiger partial charge on any atom is 0.490 e. The molecule has 1 aromatic carbocycles. The summed E-state index contributed by atoms with van der Waals surface area (Å²) in [5.74, 6) is -2.81. The number of aliphatic hydroxyl groups is 1. The molecular weight excluding hydrogens is 331 g/mol. The van der Waals surface area contributed by atoms with Crippen LogP contribution in [0.25, 0.3) is 0 Å². The number of ketones is 1. The molecule has 24 heavy (non-hydrogen) atoms. The van der Waals surface area contributed by atoms with Gasteiger partial charge in [0.15, 0.2) is 5.78 Å². The van der Waals surface area contributed by atoms with Gasteiger partial charge in [-0.3, -0.25) is 4.79 Å². The molecule has 0 aliphatic rings. The van der Waals surface area contributed by atoms with Crippen LogP contribution in [0.2, 0.25) is 0 Å². The number of nitrogens with one attached hydrogen (secondary N) is 1. The van der Waals surface area contributed by atoms with E-state index in [0.29, 0.717) is 11.1 Å². The molecule has 0 saturated carbocycles. The first-order valence-electron chi connectivity index (χ1n) is 6.79. The van der Waals surface area contributed by atoms with Crippen molar-refractivity contribution in [2.24, 2.45) is 0 Å². The van der Waals surface area contributed by atoms with Crippen LogP contribution in [0.5, 0.6) is 5.75 Å². The zero-order valence-electron chi connectivity index (χ0n) is 13.4. The zero-order valence-corrected chi connectivity index (χ0v) is 13.4. The molecule has 4 N–H and O–H groups in total. The predicted octanol–water partition coefficient (Wildman–Crippen LogP) is 2.09. The van der Waals surface area contributed by atoms with Crippen LogP contribution in [0.3, 0.4) is 0 Å². The van der Waals surface area contributed by atoms with Crippen LogP contribution in [0, 0.1) is 0 Å². The molecule has 136 valence electrons. The van der Waals surface area contributed by atoms with Crippen molar-refractivity contribution < 1.29 is 38.1 Å². The summed E-state index contributed by atoms with van der Waals surface area (Å²) in [6, 6.07) is 4.50. The van der Waals surface area contributed by atoms with E-state index in [1.807, 2.05) is 20.8 Å². The molecule has 0 saturated heterocycles. The van der Waals surface area contributed by atoms with Crippen molar-refractivity contribution in [3.05, 3.63) is 29.3 Å². The molecule has 0 radical (unpaired) electrons. The van der Waals surface area contributed by atoms with Crippen LogP contribution in [-0.4, -0.2) is 45.3 Å². The van der Waals surface area contributed by atoms with E-state index >= 15 is 0 Å². The maximum atomic E-state index is 11.8. The Morgan fingerprint density at radius 2 is 1.67 bits per heavy atom. The summed E-state index contributed by atoms with van der Waals surface area (Å²) in [6.45, 7) is 5.90. The van der Waals surface area contributed by atoms with Crippen LogP contribution >= 0.6 is 0 Å². The maximum absolute atomic E-state index is 11.8.